The number of anilines is 3. The largest absolute Gasteiger partial charge is 0.378 e. The lowest BCUT2D eigenvalue weighted by Crippen LogP contribution is -2.38. The van der Waals surface area contributed by atoms with E-state index in [0.29, 0.717) is 19.0 Å². The number of rotatable bonds is 5. The van der Waals surface area contributed by atoms with Gasteiger partial charge in [-0.25, -0.2) is 0 Å². The van der Waals surface area contributed by atoms with Gasteiger partial charge in [-0.1, -0.05) is 5.16 Å². The average Bonchev–Trinajstić information content (AvgIpc) is 3.07. The molecule has 1 N–H and O–H groups in total. The fourth-order valence-corrected chi connectivity index (χ4v) is 3.82. The number of aryl methyl sites for hydroxylation is 2. The van der Waals surface area contributed by atoms with E-state index in [9.17, 15) is 4.79 Å². The molecular weight excluding hydrogens is 372 g/mol. The number of amides is 1. The van der Waals surface area contributed by atoms with E-state index in [-0.39, 0.29) is 12.3 Å². The minimum atomic E-state index is -0.0759. The maximum atomic E-state index is 12.8. The number of benzene rings is 1. The van der Waals surface area contributed by atoms with Crippen LogP contribution in [0.2, 0.25) is 0 Å². The van der Waals surface area contributed by atoms with Crippen LogP contribution in [0.1, 0.15) is 17.0 Å². The SMILES string of the molecule is Cc1noc(C)c1CC(=O)Nc1ccc(N2CCOCC2)cc1N1CCOCC1. The van der Waals surface area contributed by atoms with Gasteiger partial charge in [-0.3, -0.25) is 4.79 Å². The van der Waals surface area contributed by atoms with Crippen molar-refractivity contribution < 1.29 is 18.8 Å². The molecule has 0 atom stereocenters. The highest BCUT2D eigenvalue weighted by molar-refractivity contribution is 5.96. The van der Waals surface area contributed by atoms with E-state index >= 15 is 0 Å². The summed E-state index contributed by atoms with van der Waals surface area (Å²) in [4.78, 5) is 17.4. The first kappa shape index (κ1) is 19.7. The summed E-state index contributed by atoms with van der Waals surface area (Å²) < 4.78 is 16.2. The summed E-state index contributed by atoms with van der Waals surface area (Å²) in [6.07, 6.45) is 0.245. The normalized spacial score (nSPS) is 17.4. The number of nitrogens with one attached hydrogen (secondary N) is 1. The van der Waals surface area contributed by atoms with E-state index in [4.69, 9.17) is 14.0 Å². The van der Waals surface area contributed by atoms with Crippen LogP contribution in [-0.2, 0) is 20.7 Å². The molecule has 3 heterocycles. The molecule has 2 aliphatic rings. The van der Waals surface area contributed by atoms with E-state index in [1.807, 2.05) is 19.9 Å². The van der Waals surface area contributed by atoms with Crippen molar-refractivity contribution in [1.82, 2.24) is 5.16 Å². The molecule has 1 aromatic carbocycles. The number of morpholine rings is 2. The van der Waals surface area contributed by atoms with Gasteiger partial charge in [0.1, 0.15) is 5.76 Å². The molecule has 29 heavy (non-hydrogen) atoms. The van der Waals surface area contributed by atoms with Gasteiger partial charge < -0.3 is 29.1 Å². The summed E-state index contributed by atoms with van der Waals surface area (Å²) in [5.41, 5.74) is 4.61. The van der Waals surface area contributed by atoms with Crippen LogP contribution in [0.4, 0.5) is 17.1 Å². The molecule has 8 heteroatoms. The van der Waals surface area contributed by atoms with Gasteiger partial charge in [0, 0.05) is 37.4 Å². The topological polar surface area (TPSA) is 80.1 Å². The molecule has 2 saturated heterocycles. The molecule has 0 spiro atoms. The molecule has 156 valence electrons. The van der Waals surface area contributed by atoms with E-state index in [2.05, 4.69) is 32.4 Å². The first-order valence-electron chi connectivity index (χ1n) is 10.1. The highest BCUT2D eigenvalue weighted by Crippen LogP contribution is 2.32. The minimum Gasteiger partial charge on any atom is -0.378 e. The molecule has 8 nitrogen and oxygen atoms in total. The summed E-state index contributed by atoms with van der Waals surface area (Å²) in [6, 6.07) is 6.24. The Morgan fingerprint density at radius 1 is 1.03 bits per heavy atom. The Morgan fingerprint density at radius 3 is 2.31 bits per heavy atom. The van der Waals surface area contributed by atoms with Crippen LogP contribution >= 0.6 is 0 Å². The summed E-state index contributed by atoms with van der Waals surface area (Å²) >= 11 is 0. The van der Waals surface area contributed by atoms with Crippen LogP contribution in [0.3, 0.4) is 0 Å². The third kappa shape index (κ3) is 4.54. The van der Waals surface area contributed by atoms with Crippen LogP contribution in [0.25, 0.3) is 0 Å². The number of nitrogens with zero attached hydrogens (tertiary/aromatic N) is 3. The molecule has 4 rings (SSSR count). The molecule has 0 radical (unpaired) electrons. The van der Waals surface area contributed by atoms with Crippen LogP contribution in [0.15, 0.2) is 22.7 Å². The lowest BCUT2D eigenvalue weighted by Gasteiger charge is -2.33. The highest BCUT2D eigenvalue weighted by Gasteiger charge is 2.20. The Hall–Kier alpha value is -2.58. The van der Waals surface area contributed by atoms with Gasteiger partial charge in [-0.15, -0.1) is 0 Å². The predicted octanol–water partition coefficient (Wildman–Crippen LogP) is 2.15. The summed E-state index contributed by atoms with van der Waals surface area (Å²) in [6.45, 7) is 9.90. The summed E-state index contributed by atoms with van der Waals surface area (Å²) in [7, 11) is 0. The van der Waals surface area contributed by atoms with Gasteiger partial charge in [-0.05, 0) is 32.0 Å². The highest BCUT2D eigenvalue weighted by atomic mass is 16.5. The molecule has 2 aliphatic heterocycles. The fourth-order valence-electron chi connectivity index (χ4n) is 3.82. The lowest BCUT2D eigenvalue weighted by molar-refractivity contribution is -0.115. The van der Waals surface area contributed by atoms with Crippen molar-refractivity contribution in [1.29, 1.82) is 0 Å². The Balaban J connectivity index is 1.56. The van der Waals surface area contributed by atoms with Crippen LogP contribution in [0, 0.1) is 13.8 Å². The van der Waals surface area contributed by atoms with Gasteiger partial charge in [-0.2, -0.15) is 0 Å². The first-order valence-corrected chi connectivity index (χ1v) is 10.1. The zero-order chi connectivity index (χ0) is 20.2. The molecule has 0 unspecified atom stereocenters. The fraction of sp³-hybridized carbons (Fsp3) is 0.524. The molecule has 1 aromatic heterocycles. The van der Waals surface area contributed by atoms with E-state index in [1.165, 1.54) is 0 Å². The molecule has 2 aromatic rings. The second-order valence-electron chi connectivity index (χ2n) is 7.43. The van der Waals surface area contributed by atoms with Gasteiger partial charge in [0.25, 0.3) is 0 Å². The zero-order valence-electron chi connectivity index (χ0n) is 17.1. The monoisotopic (exact) mass is 400 g/mol. The minimum absolute atomic E-state index is 0.0759. The molecule has 0 aliphatic carbocycles. The van der Waals surface area contributed by atoms with Crippen molar-refractivity contribution in [2.24, 2.45) is 0 Å². The van der Waals surface area contributed by atoms with Gasteiger partial charge >= 0.3 is 0 Å². The third-order valence-corrected chi connectivity index (χ3v) is 5.50. The molecular formula is C21H28N4O4. The van der Waals surface area contributed by atoms with Gasteiger partial charge in [0.15, 0.2) is 0 Å². The lowest BCUT2D eigenvalue weighted by atomic mass is 10.1. The van der Waals surface area contributed by atoms with E-state index in [1.54, 1.807) is 0 Å². The maximum absolute atomic E-state index is 12.8. The van der Waals surface area contributed by atoms with Crippen molar-refractivity contribution in [3.8, 4) is 0 Å². The molecule has 1 amide bonds. The molecule has 0 saturated carbocycles. The van der Waals surface area contributed by atoms with Gasteiger partial charge in [0.2, 0.25) is 5.91 Å². The number of ether oxygens (including phenoxy) is 2. The Kier molecular flexibility index (Phi) is 6.01. The Bertz CT molecular complexity index is 835. The summed E-state index contributed by atoms with van der Waals surface area (Å²) in [5.74, 6) is 0.613. The van der Waals surface area contributed by atoms with Crippen LogP contribution < -0.4 is 15.1 Å². The van der Waals surface area contributed by atoms with Crippen molar-refractivity contribution in [2.75, 3.05) is 67.7 Å². The first-order chi connectivity index (χ1) is 14.1. The average molecular weight is 400 g/mol. The van der Waals surface area contributed by atoms with Crippen molar-refractivity contribution >= 4 is 23.0 Å². The standard InChI is InChI=1S/C21H28N4O4/c1-15-18(16(2)29-23-15)14-21(26)22-19-4-3-17(24-5-9-27-10-6-24)13-20(19)25-7-11-28-12-8-25/h3-4,13H,5-12,14H2,1-2H3,(H,22,26). The van der Waals surface area contributed by atoms with Crippen LogP contribution in [-0.4, -0.2) is 63.7 Å². The molecule has 0 bridgehead atoms. The van der Waals surface area contributed by atoms with Crippen molar-refractivity contribution in [3.63, 3.8) is 0 Å². The van der Waals surface area contributed by atoms with Crippen molar-refractivity contribution in [2.45, 2.75) is 20.3 Å². The number of aromatic nitrogens is 1. The van der Waals surface area contributed by atoms with E-state index in [0.717, 1.165) is 67.7 Å². The Morgan fingerprint density at radius 2 is 1.69 bits per heavy atom. The number of carbonyl (C=O) groups is 1. The number of hydrogen-bond acceptors (Lipinski definition) is 7. The summed E-state index contributed by atoms with van der Waals surface area (Å²) in [5, 5.41) is 7.03. The van der Waals surface area contributed by atoms with Crippen molar-refractivity contribution in [3.05, 3.63) is 35.2 Å². The molecule has 2 fully saturated rings. The number of carbonyl (C=O) groups excluding carboxylic acids is 1. The Labute approximate surface area is 170 Å². The second kappa shape index (κ2) is 8.84. The third-order valence-electron chi connectivity index (χ3n) is 5.50. The smallest absolute Gasteiger partial charge is 0.229 e. The zero-order valence-corrected chi connectivity index (χ0v) is 17.1. The quantitative estimate of drug-likeness (QED) is 0.824. The number of hydrogen-bond donors (Lipinski definition) is 1. The van der Waals surface area contributed by atoms with E-state index < -0.39 is 0 Å². The van der Waals surface area contributed by atoms with Crippen LogP contribution in [0.5, 0.6) is 0 Å². The van der Waals surface area contributed by atoms with Gasteiger partial charge in [0.05, 0.1) is 49.9 Å². The second-order valence-corrected chi connectivity index (χ2v) is 7.43. The predicted molar refractivity (Wildman–Crippen MR) is 111 cm³/mol. The maximum Gasteiger partial charge on any atom is 0.229 e.